The SMILES string of the molecule is Cc1ccc(-n2[nH]c(C(=O)O)c(N=Nc3ccc(S(=O)(=O)O)cc3)c2=O)cc1. The van der Waals surface area contributed by atoms with E-state index < -0.39 is 33.0 Å². The summed E-state index contributed by atoms with van der Waals surface area (Å²) in [7, 11) is -4.35. The van der Waals surface area contributed by atoms with Gasteiger partial charge in [0.1, 0.15) is 0 Å². The Kier molecular flexibility index (Phi) is 4.94. The highest BCUT2D eigenvalue weighted by Crippen LogP contribution is 2.21. The molecule has 0 radical (unpaired) electrons. The summed E-state index contributed by atoms with van der Waals surface area (Å²) in [6.07, 6.45) is 0. The van der Waals surface area contributed by atoms with E-state index in [0.717, 1.165) is 22.4 Å². The number of rotatable bonds is 5. The van der Waals surface area contributed by atoms with Gasteiger partial charge in [-0.2, -0.15) is 13.5 Å². The van der Waals surface area contributed by atoms with Gasteiger partial charge in [-0.1, -0.05) is 17.7 Å². The number of aromatic amines is 1. The number of azo groups is 1. The van der Waals surface area contributed by atoms with Crippen molar-refractivity contribution >= 4 is 27.5 Å². The predicted octanol–water partition coefficient (Wildman–Crippen LogP) is 2.83. The summed E-state index contributed by atoms with van der Waals surface area (Å²) in [6, 6.07) is 11.5. The topological polar surface area (TPSA) is 154 Å². The number of carboxylic acid groups (broad SMARTS) is 1. The maximum absolute atomic E-state index is 12.6. The smallest absolute Gasteiger partial charge is 0.356 e. The molecule has 0 spiro atoms. The van der Waals surface area contributed by atoms with Crippen LogP contribution in [0, 0.1) is 6.92 Å². The summed E-state index contributed by atoms with van der Waals surface area (Å²) < 4.78 is 32.1. The molecule has 1 aromatic heterocycles. The van der Waals surface area contributed by atoms with Crippen LogP contribution in [0.4, 0.5) is 11.4 Å². The van der Waals surface area contributed by atoms with Crippen LogP contribution >= 0.6 is 0 Å². The first-order valence-electron chi connectivity index (χ1n) is 7.81. The first kappa shape index (κ1) is 19.2. The number of carboxylic acids is 1. The van der Waals surface area contributed by atoms with Crippen molar-refractivity contribution < 1.29 is 22.9 Å². The van der Waals surface area contributed by atoms with Gasteiger partial charge in [0.05, 0.1) is 16.3 Å². The van der Waals surface area contributed by atoms with E-state index in [1.807, 2.05) is 6.92 Å². The molecule has 2 aromatic carbocycles. The number of hydrogen-bond acceptors (Lipinski definition) is 6. The minimum Gasteiger partial charge on any atom is -0.476 e. The standard InChI is InChI=1S/C17H14N4O6S/c1-10-2-6-12(7-3-10)21-16(22)14(15(20-21)17(23)24)19-18-11-4-8-13(9-5-11)28(25,26)27/h2-9,20H,1H3,(H,23,24)(H,25,26,27). The van der Waals surface area contributed by atoms with Crippen molar-refractivity contribution in [1.82, 2.24) is 9.78 Å². The second-order valence-corrected chi connectivity index (χ2v) is 7.21. The zero-order valence-electron chi connectivity index (χ0n) is 14.4. The third-order valence-corrected chi connectivity index (χ3v) is 4.64. The van der Waals surface area contributed by atoms with Crippen LogP contribution < -0.4 is 5.56 Å². The number of aromatic carboxylic acids is 1. The number of nitrogens with one attached hydrogen (secondary N) is 1. The van der Waals surface area contributed by atoms with Gasteiger partial charge in [0.25, 0.3) is 15.7 Å². The first-order valence-corrected chi connectivity index (χ1v) is 9.25. The van der Waals surface area contributed by atoms with Gasteiger partial charge in [0.2, 0.25) is 0 Å². The lowest BCUT2D eigenvalue weighted by Crippen LogP contribution is -2.13. The predicted molar refractivity (Wildman–Crippen MR) is 98.5 cm³/mol. The normalized spacial score (nSPS) is 11.8. The Morgan fingerprint density at radius 1 is 1.04 bits per heavy atom. The Bertz CT molecular complexity index is 1220. The molecule has 0 amide bonds. The van der Waals surface area contributed by atoms with Gasteiger partial charge in [-0.15, -0.1) is 5.11 Å². The van der Waals surface area contributed by atoms with Crippen molar-refractivity contribution in [2.45, 2.75) is 11.8 Å². The molecule has 28 heavy (non-hydrogen) atoms. The molecule has 1 heterocycles. The molecule has 0 saturated carbocycles. The second-order valence-electron chi connectivity index (χ2n) is 5.79. The summed E-state index contributed by atoms with van der Waals surface area (Å²) in [5.41, 5.74) is -0.00582. The Hall–Kier alpha value is -3.57. The largest absolute Gasteiger partial charge is 0.476 e. The zero-order chi connectivity index (χ0) is 20.5. The number of benzene rings is 2. The van der Waals surface area contributed by atoms with Gasteiger partial charge in [-0.05, 0) is 43.3 Å². The lowest BCUT2D eigenvalue weighted by molar-refractivity contribution is 0.0690. The third-order valence-electron chi connectivity index (χ3n) is 3.77. The molecule has 0 aliphatic carbocycles. The van der Waals surface area contributed by atoms with Gasteiger partial charge in [-0.3, -0.25) is 14.4 Å². The molecule has 144 valence electrons. The molecule has 0 bridgehead atoms. The molecule has 0 aliphatic rings. The van der Waals surface area contributed by atoms with E-state index >= 15 is 0 Å². The number of aromatic nitrogens is 2. The molecule has 3 N–H and O–H groups in total. The van der Waals surface area contributed by atoms with Crippen LogP contribution in [-0.4, -0.2) is 33.8 Å². The number of hydrogen-bond donors (Lipinski definition) is 3. The Morgan fingerprint density at radius 3 is 2.18 bits per heavy atom. The van der Waals surface area contributed by atoms with Crippen LogP contribution in [0.1, 0.15) is 16.1 Å². The maximum Gasteiger partial charge on any atom is 0.356 e. The highest BCUT2D eigenvalue weighted by atomic mass is 32.2. The van der Waals surface area contributed by atoms with Crippen LogP contribution in [0.15, 0.2) is 68.4 Å². The van der Waals surface area contributed by atoms with Crippen LogP contribution in [0.2, 0.25) is 0 Å². The number of H-pyrrole nitrogens is 1. The second kappa shape index (κ2) is 7.21. The fourth-order valence-corrected chi connectivity index (χ4v) is 2.82. The molecule has 3 rings (SSSR count). The van der Waals surface area contributed by atoms with Crippen LogP contribution in [0.5, 0.6) is 0 Å². The number of carbonyl (C=O) groups is 1. The highest BCUT2D eigenvalue weighted by Gasteiger charge is 2.20. The summed E-state index contributed by atoms with van der Waals surface area (Å²) in [6.45, 7) is 1.87. The lowest BCUT2D eigenvalue weighted by atomic mass is 10.2. The fraction of sp³-hybridized carbons (Fsp3) is 0.0588. The van der Waals surface area contributed by atoms with Crippen molar-refractivity contribution in [3.63, 3.8) is 0 Å². The van der Waals surface area contributed by atoms with Gasteiger partial charge in [0, 0.05) is 0 Å². The molecule has 10 nitrogen and oxygen atoms in total. The lowest BCUT2D eigenvalue weighted by Gasteiger charge is -2.01. The average Bonchev–Trinajstić information content (AvgIpc) is 2.97. The molecule has 11 heteroatoms. The Morgan fingerprint density at radius 2 is 1.64 bits per heavy atom. The minimum atomic E-state index is -4.35. The molecule has 0 aliphatic heterocycles. The summed E-state index contributed by atoms with van der Waals surface area (Å²) >= 11 is 0. The van der Waals surface area contributed by atoms with Gasteiger partial charge < -0.3 is 5.11 Å². The molecule has 0 fully saturated rings. The minimum absolute atomic E-state index is 0.159. The van der Waals surface area contributed by atoms with Crippen molar-refractivity contribution in [2.24, 2.45) is 10.2 Å². The monoisotopic (exact) mass is 402 g/mol. The van der Waals surface area contributed by atoms with E-state index in [1.165, 1.54) is 12.1 Å². The fourth-order valence-electron chi connectivity index (χ4n) is 2.34. The number of nitrogens with zero attached hydrogens (tertiary/aromatic N) is 3. The van der Waals surface area contributed by atoms with Crippen molar-refractivity contribution in [1.29, 1.82) is 0 Å². The van der Waals surface area contributed by atoms with Gasteiger partial charge >= 0.3 is 5.97 Å². The van der Waals surface area contributed by atoms with E-state index in [4.69, 9.17) is 4.55 Å². The van der Waals surface area contributed by atoms with Crippen LogP contribution in [-0.2, 0) is 10.1 Å². The van der Waals surface area contributed by atoms with Crippen molar-refractivity contribution in [2.75, 3.05) is 0 Å². The van der Waals surface area contributed by atoms with E-state index in [2.05, 4.69) is 15.3 Å². The summed E-state index contributed by atoms with van der Waals surface area (Å²) in [4.78, 5) is 23.7. The zero-order valence-corrected chi connectivity index (χ0v) is 15.2. The number of aryl methyl sites for hydroxylation is 1. The average molecular weight is 402 g/mol. The van der Waals surface area contributed by atoms with Crippen molar-refractivity contribution in [3.05, 3.63) is 70.1 Å². The highest BCUT2D eigenvalue weighted by molar-refractivity contribution is 7.85. The molecule has 0 unspecified atom stereocenters. The molecule has 0 saturated heterocycles. The maximum atomic E-state index is 12.6. The Labute approximate surface area is 158 Å². The molecule has 0 atom stereocenters. The van der Waals surface area contributed by atoms with Gasteiger partial charge in [-0.25, -0.2) is 9.48 Å². The summed E-state index contributed by atoms with van der Waals surface area (Å²) in [5.74, 6) is -1.39. The Balaban J connectivity index is 2.01. The van der Waals surface area contributed by atoms with Gasteiger partial charge in [0.15, 0.2) is 11.4 Å². The van der Waals surface area contributed by atoms with E-state index in [9.17, 15) is 23.1 Å². The molecule has 3 aromatic rings. The first-order chi connectivity index (χ1) is 13.2. The third kappa shape index (κ3) is 3.89. The molecular weight excluding hydrogens is 388 g/mol. The van der Waals surface area contributed by atoms with E-state index in [1.54, 1.807) is 24.3 Å². The molecular formula is C17H14N4O6S. The van der Waals surface area contributed by atoms with Crippen molar-refractivity contribution in [3.8, 4) is 5.69 Å². The summed E-state index contributed by atoms with van der Waals surface area (Å²) in [5, 5.41) is 19.3. The van der Waals surface area contributed by atoms with Crippen LogP contribution in [0.25, 0.3) is 5.69 Å². The van der Waals surface area contributed by atoms with E-state index in [-0.39, 0.29) is 10.6 Å². The van der Waals surface area contributed by atoms with Crippen LogP contribution in [0.3, 0.4) is 0 Å². The van der Waals surface area contributed by atoms with E-state index in [0.29, 0.717) is 5.69 Å². The quantitative estimate of drug-likeness (QED) is 0.440.